The van der Waals surface area contributed by atoms with Crippen molar-refractivity contribution in [2.45, 2.75) is 71.6 Å². The van der Waals surface area contributed by atoms with E-state index in [1.807, 2.05) is 13.8 Å². The van der Waals surface area contributed by atoms with Crippen molar-refractivity contribution in [2.75, 3.05) is 0 Å². The van der Waals surface area contributed by atoms with Gasteiger partial charge in [-0.25, -0.2) is 9.59 Å². The van der Waals surface area contributed by atoms with Crippen LogP contribution < -0.4 is 0 Å². The van der Waals surface area contributed by atoms with Crippen LogP contribution in [0.5, 0.6) is 0 Å². The number of amides is 1. The normalized spacial score (nSPS) is 17.8. The maximum absolute atomic E-state index is 12.2. The molecular formula is C14H25NO4. The topological polar surface area (TPSA) is 66.8 Å². The van der Waals surface area contributed by atoms with Gasteiger partial charge in [-0.3, -0.25) is 4.90 Å². The van der Waals surface area contributed by atoms with Gasteiger partial charge in [0.25, 0.3) is 0 Å². The first-order chi connectivity index (χ1) is 8.63. The number of hydrogen-bond donors (Lipinski definition) is 1. The lowest BCUT2D eigenvalue weighted by molar-refractivity contribution is -0.147. The van der Waals surface area contributed by atoms with Gasteiger partial charge < -0.3 is 9.84 Å². The predicted octanol–water partition coefficient (Wildman–Crippen LogP) is 2.89. The molecule has 1 aliphatic carbocycles. The van der Waals surface area contributed by atoms with Crippen molar-refractivity contribution in [2.24, 2.45) is 5.92 Å². The third kappa shape index (κ3) is 4.11. The van der Waals surface area contributed by atoms with Crippen molar-refractivity contribution < 1.29 is 19.4 Å². The van der Waals surface area contributed by atoms with E-state index >= 15 is 0 Å². The average Bonchev–Trinajstić information content (AvgIpc) is 2.09. The van der Waals surface area contributed by atoms with Gasteiger partial charge in [-0.1, -0.05) is 6.42 Å². The summed E-state index contributed by atoms with van der Waals surface area (Å²) in [7, 11) is 0. The second-order valence-corrected chi connectivity index (χ2v) is 6.46. The average molecular weight is 271 g/mol. The van der Waals surface area contributed by atoms with E-state index in [1.54, 1.807) is 20.8 Å². The molecule has 0 saturated heterocycles. The molecule has 1 rings (SSSR count). The number of carboxylic acids is 1. The van der Waals surface area contributed by atoms with Gasteiger partial charge >= 0.3 is 12.1 Å². The molecule has 5 nitrogen and oxygen atoms in total. The highest BCUT2D eigenvalue weighted by atomic mass is 16.6. The summed E-state index contributed by atoms with van der Waals surface area (Å²) in [6.45, 7) is 8.98. The number of ether oxygens (including phenoxy) is 1. The molecule has 1 atom stereocenters. The lowest BCUT2D eigenvalue weighted by atomic mass is 9.79. The van der Waals surface area contributed by atoms with Crippen LogP contribution in [0, 0.1) is 5.92 Å². The lowest BCUT2D eigenvalue weighted by Crippen LogP contribution is -2.55. The van der Waals surface area contributed by atoms with Crippen molar-refractivity contribution in [1.29, 1.82) is 0 Å². The Morgan fingerprint density at radius 1 is 1.26 bits per heavy atom. The number of carbonyl (C=O) groups is 2. The molecule has 5 heteroatoms. The highest BCUT2D eigenvalue weighted by Crippen LogP contribution is 2.33. The summed E-state index contributed by atoms with van der Waals surface area (Å²) in [5.74, 6) is -0.892. The minimum absolute atomic E-state index is 0.0485. The van der Waals surface area contributed by atoms with E-state index in [4.69, 9.17) is 4.74 Å². The van der Waals surface area contributed by atoms with Gasteiger partial charge in [0.15, 0.2) is 0 Å². The van der Waals surface area contributed by atoms with Gasteiger partial charge in [0, 0.05) is 6.04 Å². The Kier molecular flexibility index (Phi) is 4.82. The summed E-state index contributed by atoms with van der Waals surface area (Å²) in [6, 6.07) is -0.972. The SMILES string of the molecule is CC(C)N(C(=O)OC(C)(C)C)C(C(=O)O)C1CCC1. The number of hydrogen-bond acceptors (Lipinski definition) is 3. The fourth-order valence-corrected chi connectivity index (χ4v) is 2.26. The first kappa shape index (κ1) is 15.8. The molecule has 1 amide bonds. The Hall–Kier alpha value is -1.26. The lowest BCUT2D eigenvalue weighted by Gasteiger charge is -2.40. The van der Waals surface area contributed by atoms with Crippen LogP contribution >= 0.6 is 0 Å². The Balaban J connectivity index is 2.90. The van der Waals surface area contributed by atoms with E-state index in [0.717, 1.165) is 19.3 Å². The minimum Gasteiger partial charge on any atom is -0.480 e. The van der Waals surface area contributed by atoms with Crippen LogP contribution in [0.4, 0.5) is 4.79 Å². The molecule has 1 saturated carbocycles. The van der Waals surface area contributed by atoms with Gasteiger partial charge in [-0.15, -0.1) is 0 Å². The zero-order chi connectivity index (χ0) is 14.8. The summed E-state index contributed by atoms with van der Waals surface area (Å²) in [5, 5.41) is 9.43. The van der Waals surface area contributed by atoms with Crippen LogP contribution in [-0.2, 0) is 9.53 Å². The maximum Gasteiger partial charge on any atom is 0.411 e. The van der Waals surface area contributed by atoms with Crippen molar-refractivity contribution in [1.82, 2.24) is 4.90 Å². The Morgan fingerprint density at radius 2 is 1.79 bits per heavy atom. The van der Waals surface area contributed by atoms with Crippen LogP contribution in [0.15, 0.2) is 0 Å². The van der Waals surface area contributed by atoms with Crippen LogP contribution in [0.25, 0.3) is 0 Å². The third-order valence-electron chi connectivity index (χ3n) is 3.31. The smallest absolute Gasteiger partial charge is 0.411 e. The molecule has 1 fully saturated rings. The van der Waals surface area contributed by atoms with Crippen molar-refractivity contribution >= 4 is 12.1 Å². The molecule has 0 bridgehead atoms. The summed E-state index contributed by atoms with van der Waals surface area (Å²) >= 11 is 0. The van der Waals surface area contributed by atoms with Crippen molar-refractivity contribution in [3.05, 3.63) is 0 Å². The van der Waals surface area contributed by atoms with Crippen LogP contribution in [-0.4, -0.2) is 39.8 Å². The first-order valence-electron chi connectivity index (χ1n) is 6.87. The largest absolute Gasteiger partial charge is 0.480 e. The summed E-state index contributed by atoms with van der Waals surface area (Å²) < 4.78 is 5.33. The van der Waals surface area contributed by atoms with Crippen LogP contribution in [0.3, 0.4) is 0 Å². The molecular weight excluding hydrogens is 246 g/mol. The molecule has 0 aromatic carbocycles. The fourth-order valence-electron chi connectivity index (χ4n) is 2.26. The Labute approximate surface area is 114 Å². The van der Waals surface area contributed by atoms with Gasteiger partial charge in [-0.05, 0) is 53.4 Å². The van der Waals surface area contributed by atoms with E-state index < -0.39 is 23.7 Å². The molecule has 110 valence electrons. The number of aliphatic carboxylic acids is 1. The molecule has 0 aliphatic heterocycles. The van der Waals surface area contributed by atoms with Crippen LogP contribution in [0.2, 0.25) is 0 Å². The van der Waals surface area contributed by atoms with E-state index in [9.17, 15) is 14.7 Å². The Bertz CT molecular complexity index is 342. The van der Waals surface area contributed by atoms with Crippen molar-refractivity contribution in [3.8, 4) is 0 Å². The highest BCUT2D eigenvalue weighted by Gasteiger charge is 2.42. The van der Waals surface area contributed by atoms with E-state index in [-0.39, 0.29) is 12.0 Å². The molecule has 0 radical (unpaired) electrons. The van der Waals surface area contributed by atoms with Gasteiger partial charge in [-0.2, -0.15) is 0 Å². The second kappa shape index (κ2) is 5.80. The fraction of sp³-hybridized carbons (Fsp3) is 0.857. The molecule has 19 heavy (non-hydrogen) atoms. The second-order valence-electron chi connectivity index (χ2n) is 6.46. The maximum atomic E-state index is 12.2. The van der Waals surface area contributed by atoms with Gasteiger partial charge in [0.05, 0.1) is 0 Å². The monoisotopic (exact) mass is 271 g/mol. The third-order valence-corrected chi connectivity index (χ3v) is 3.31. The molecule has 1 aliphatic rings. The molecule has 1 unspecified atom stereocenters. The van der Waals surface area contributed by atoms with E-state index in [2.05, 4.69) is 0 Å². The Morgan fingerprint density at radius 3 is 2.05 bits per heavy atom. The van der Waals surface area contributed by atoms with Gasteiger partial charge in [0.2, 0.25) is 0 Å². The summed E-state index contributed by atoms with van der Waals surface area (Å²) in [6.07, 6.45) is 2.22. The molecule has 0 aromatic heterocycles. The number of carbonyl (C=O) groups excluding carboxylic acids is 1. The molecule has 0 aromatic rings. The standard InChI is InChI=1S/C14H25NO4/c1-9(2)15(13(18)19-14(3,4)5)11(12(16)17)10-7-6-8-10/h9-11H,6-8H2,1-5H3,(H,16,17). The first-order valence-corrected chi connectivity index (χ1v) is 6.87. The number of carboxylic acid groups (broad SMARTS) is 1. The minimum atomic E-state index is -0.941. The van der Waals surface area contributed by atoms with E-state index in [0.29, 0.717) is 0 Å². The summed E-state index contributed by atoms with van der Waals surface area (Å²) in [5.41, 5.74) is -0.618. The quantitative estimate of drug-likeness (QED) is 0.853. The number of nitrogens with zero attached hydrogens (tertiary/aromatic N) is 1. The highest BCUT2D eigenvalue weighted by molar-refractivity contribution is 5.80. The van der Waals surface area contributed by atoms with E-state index in [1.165, 1.54) is 4.90 Å². The zero-order valence-electron chi connectivity index (χ0n) is 12.5. The molecule has 1 N–H and O–H groups in total. The molecule has 0 spiro atoms. The van der Waals surface area contributed by atoms with Gasteiger partial charge in [0.1, 0.15) is 11.6 Å². The zero-order valence-corrected chi connectivity index (χ0v) is 12.5. The predicted molar refractivity (Wildman–Crippen MR) is 72.0 cm³/mol. The van der Waals surface area contributed by atoms with Crippen molar-refractivity contribution in [3.63, 3.8) is 0 Å². The molecule has 0 heterocycles. The van der Waals surface area contributed by atoms with Crippen LogP contribution in [0.1, 0.15) is 53.9 Å². The number of rotatable bonds is 4. The summed E-state index contributed by atoms with van der Waals surface area (Å²) in [4.78, 5) is 25.1.